The van der Waals surface area contributed by atoms with Crippen molar-refractivity contribution in [3.05, 3.63) is 35.4 Å². The molecule has 0 saturated carbocycles. The molecule has 0 radical (unpaired) electrons. The van der Waals surface area contributed by atoms with Gasteiger partial charge in [-0.05, 0) is 18.4 Å². The van der Waals surface area contributed by atoms with Crippen molar-refractivity contribution in [3.8, 4) is 0 Å². The summed E-state index contributed by atoms with van der Waals surface area (Å²) >= 11 is 1.51. The molecule has 0 aliphatic heterocycles. The molecule has 0 heterocycles. The molecule has 0 aliphatic rings. The summed E-state index contributed by atoms with van der Waals surface area (Å²) in [5.74, 6) is -1.73. The quantitative estimate of drug-likeness (QED) is 0.589. The molecule has 0 saturated heterocycles. The van der Waals surface area contributed by atoms with Crippen LogP contribution in [0.15, 0.2) is 18.2 Å². The lowest BCUT2D eigenvalue weighted by Gasteiger charge is -2.04. The summed E-state index contributed by atoms with van der Waals surface area (Å²) in [5, 5.41) is 0. The molecule has 0 bridgehead atoms. The van der Waals surface area contributed by atoms with Crippen LogP contribution in [-0.2, 0) is 4.74 Å². The van der Waals surface area contributed by atoms with Crippen molar-refractivity contribution in [2.24, 2.45) is 0 Å². The molecule has 2 nitrogen and oxygen atoms in total. The van der Waals surface area contributed by atoms with E-state index < -0.39 is 17.6 Å². The van der Waals surface area contributed by atoms with Gasteiger partial charge in [-0.1, -0.05) is 0 Å². The maximum Gasteiger partial charge on any atom is 0.341 e. The van der Waals surface area contributed by atoms with E-state index in [2.05, 4.69) is 0 Å². The third kappa shape index (κ3) is 3.51. The molecule has 15 heavy (non-hydrogen) atoms. The van der Waals surface area contributed by atoms with E-state index in [1.54, 1.807) is 0 Å². The van der Waals surface area contributed by atoms with Gasteiger partial charge in [-0.2, -0.15) is 11.8 Å². The lowest BCUT2D eigenvalue weighted by atomic mass is 10.2. The first-order valence-corrected chi connectivity index (χ1v) is 5.65. The Labute approximate surface area is 90.6 Å². The minimum Gasteiger partial charge on any atom is -0.461 e. The second-order valence-corrected chi connectivity index (χ2v) is 3.74. The Kier molecular flexibility index (Phi) is 4.55. The highest BCUT2D eigenvalue weighted by molar-refractivity contribution is 7.98. The fraction of sp³-hybridized carbons (Fsp3) is 0.300. The van der Waals surface area contributed by atoms with Crippen LogP contribution in [0.1, 0.15) is 10.4 Å². The maximum atomic E-state index is 13.1. The number of carbonyl (C=O) groups excluding carboxylic acids is 1. The van der Waals surface area contributed by atoms with E-state index in [4.69, 9.17) is 4.74 Å². The summed E-state index contributed by atoms with van der Waals surface area (Å²) in [7, 11) is 0. The minimum atomic E-state index is -0.899. The fourth-order valence-electron chi connectivity index (χ4n) is 0.950. The van der Waals surface area contributed by atoms with Crippen LogP contribution in [0.2, 0.25) is 0 Å². The Hall–Kier alpha value is -1.10. The van der Waals surface area contributed by atoms with Crippen LogP contribution in [0.25, 0.3) is 0 Å². The van der Waals surface area contributed by atoms with Crippen molar-refractivity contribution >= 4 is 17.7 Å². The van der Waals surface area contributed by atoms with Crippen LogP contribution in [0, 0.1) is 11.6 Å². The number of thioether (sulfide) groups is 1. The number of benzene rings is 1. The molecular weight excluding hydrogens is 222 g/mol. The van der Waals surface area contributed by atoms with Crippen LogP contribution in [-0.4, -0.2) is 24.6 Å². The number of carbonyl (C=O) groups is 1. The average molecular weight is 232 g/mol. The Morgan fingerprint density at radius 3 is 2.80 bits per heavy atom. The van der Waals surface area contributed by atoms with Gasteiger partial charge in [-0.3, -0.25) is 0 Å². The van der Waals surface area contributed by atoms with Gasteiger partial charge in [0.2, 0.25) is 0 Å². The molecule has 0 N–H and O–H groups in total. The highest BCUT2D eigenvalue weighted by Crippen LogP contribution is 2.10. The zero-order valence-electron chi connectivity index (χ0n) is 8.13. The molecule has 1 aromatic carbocycles. The van der Waals surface area contributed by atoms with Gasteiger partial charge in [0.25, 0.3) is 0 Å². The van der Waals surface area contributed by atoms with E-state index >= 15 is 0 Å². The molecule has 82 valence electrons. The van der Waals surface area contributed by atoms with Crippen LogP contribution in [0.5, 0.6) is 0 Å². The van der Waals surface area contributed by atoms with Crippen molar-refractivity contribution in [3.63, 3.8) is 0 Å². The monoisotopic (exact) mass is 232 g/mol. The van der Waals surface area contributed by atoms with E-state index in [-0.39, 0.29) is 12.2 Å². The van der Waals surface area contributed by atoms with Crippen LogP contribution in [0.4, 0.5) is 8.78 Å². The molecule has 0 spiro atoms. The van der Waals surface area contributed by atoms with Crippen LogP contribution < -0.4 is 0 Å². The van der Waals surface area contributed by atoms with Crippen molar-refractivity contribution in [2.75, 3.05) is 18.6 Å². The summed E-state index contributed by atoms with van der Waals surface area (Å²) in [6.07, 6.45) is 1.87. The van der Waals surface area contributed by atoms with E-state index in [1.165, 1.54) is 11.8 Å². The summed E-state index contributed by atoms with van der Waals surface area (Å²) in [5.41, 5.74) is -0.238. The molecular formula is C10H10F2O2S. The van der Waals surface area contributed by atoms with Gasteiger partial charge >= 0.3 is 5.97 Å². The third-order valence-electron chi connectivity index (χ3n) is 1.67. The summed E-state index contributed by atoms with van der Waals surface area (Å²) in [4.78, 5) is 11.3. The maximum absolute atomic E-state index is 13.1. The predicted molar refractivity (Wildman–Crippen MR) is 55.0 cm³/mol. The normalized spacial score (nSPS) is 10.1. The van der Waals surface area contributed by atoms with E-state index in [0.29, 0.717) is 11.8 Å². The summed E-state index contributed by atoms with van der Waals surface area (Å²) in [6, 6.07) is 2.76. The largest absolute Gasteiger partial charge is 0.461 e. The van der Waals surface area contributed by atoms with E-state index in [0.717, 1.165) is 12.1 Å². The molecule has 0 aromatic heterocycles. The second-order valence-electron chi connectivity index (χ2n) is 2.75. The topological polar surface area (TPSA) is 26.3 Å². The third-order valence-corrected chi connectivity index (χ3v) is 2.25. The second kappa shape index (κ2) is 5.70. The first-order valence-electron chi connectivity index (χ1n) is 4.26. The number of halogens is 2. The lowest BCUT2D eigenvalue weighted by Crippen LogP contribution is -2.09. The van der Waals surface area contributed by atoms with Gasteiger partial charge < -0.3 is 4.74 Å². The molecule has 0 atom stereocenters. The van der Waals surface area contributed by atoms with E-state index in [9.17, 15) is 13.6 Å². The van der Waals surface area contributed by atoms with Gasteiger partial charge in [0, 0.05) is 11.8 Å². The number of esters is 1. The van der Waals surface area contributed by atoms with Gasteiger partial charge in [-0.25, -0.2) is 13.6 Å². The van der Waals surface area contributed by atoms with Crippen molar-refractivity contribution in [2.45, 2.75) is 0 Å². The van der Waals surface area contributed by atoms with Gasteiger partial charge in [0.1, 0.15) is 18.2 Å². The molecule has 0 aliphatic carbocycles. The van der Waals surface area contributed by atoms with Crippen molar-refractivity contribution < 1.29 is 18.3 Å². The van der Waals surface area contributed by atoms with Crippen molar-refractivity contribution in [1.29, 1.82) is 0 Å². The highest BCUT2D eigenvalue weighted by Gasteiger charge is 2.13. The standard InChI is InChI=1S/C10H10F2O2S/c1-15-5-4-14-10(13)8-3-2-7(11)6-9(8)12/h2-3,6H,4-5H2,1H3. The molecule has 1 aromatic rings. The molecule has 0 unspecified atom stereocenters. The van der Waals surface area contributed by atoms with Gasteiger partial charge in [-0.15, -0.1) is 0 Å². The Balaban J connectivity index is 2.65. The Morgan fingerprint density at radius 2 is 2.20 bits per heavy atom. The predicted octanol–water partition coefficient (Wildman–Crippen LogP) is 2.48. The number of hydrogen-bond donors (Lipinski definition) is 0. The molecule has 0 amide bonds. The van der Waals surface area contributed by atoms with Crippen LogP contribution in [0.3, 0.4) is 0 Å². The molecule has 0 fully saturated rings. The highest BCUT2D eigenvalue weighted by atomic mass is 32.2. The first-order chi connectivity index (χ1) is 7.15. The zero-order chi connectivity index (χ0) is 11.3. The van der Waals surface area contributed by atoms with Crippen LogP contribution >= 0.6 is 11.8 Å². The van der Waals surface area contributed by atoms with Crippen molar-refractivity contribution in [1.82, 2.24) is 0 Å². The fourth-order valence-corrected chi connectivity index (χ4v) is 1.20. The number of rotatable bonds is 4. The lowest BCUT2D eigenvalue weighted by molar-refractivity contribution is 0.0525. The average Bonchev–Trinajstić information content (AvgIpc) is 2.17. The Bertz CT molecular complexity index is 355. The Morgan fingerprint density at radius 1 is 1.47 bits per heavy atom. The minimum absolute atomic E-state index is 0.219. The number of ether oxygens (including phenoxy) is 1. The SMILES string of the molecule is CSCCOC(=O)c1ccc(F)cc1F. The molecule has 1 rings (SSSR count). The molecule has 5 heteroatoms. The smallest absolute Gasteiger partial charge is 0.341 e. The van der Waals surface area contributed by atoms with Gasteiger partial charge in [0.05, 0.1) is 5.56 Å². The first kappa shape index (κ1) is 12.0. The summed E-state index contributed by atoms with van der Waals surface area (Å²) in [6.45, 7) is 0.219. The van der Waals surface area contributed by atoms with Gasteiger partial charge in [0.15, 0.2) is 0 Å². The summed E-state index contributed by atoms with van der Waals surface area (Å²) < 4.78 is 30.4. The van der Waals surface area contributed by atoms with E-state index in [1.807, 2.05) is 6.26 Å². The zero-order valence-corrected chi connectivity index (χ0v) is 8.94. The number of hydrogen-bond acceptors (Lipinski definition) is 3.